The minimum atomic E-state index is -0.374. The molecule has 1 aromatic carbocycles. The summed E-state index contributed by atoms with van der Waals surface area (Å²) in [6.45, 7) is 4.76. The van der Waals surface area contributed by atoms with Crippen LogP contribution in [0.5, 0.6) is 0 Å². The SMILES string of the molecule is CCOC(=O)N1CC(N(N)/N=C(\N)c2ccc(C)c(NC(=O)c3cnn4ccc(NC)cc34)c2)C1. The molecule has 1 saturated heterocycles. The monoisotopic (exact) mass is 479 g/mol. The van der Waals surface area contributed by atoms with Gasteiger partial charge in [0.2, 0.25) is 0 Å². The van der Waals surface area contributed by atoms with Crippen LogP contribution in [0.4, 0.5) is 16.2 Å². The van der Waals surface area contributed by atoms with E-state index in [1.54, 1.807) is 34.7 Å². The molecule has 0 unspecified atom stereocenters. The van der Waals surface area contributed by atoms with Crippen LogP contribution in [-0.2, 0) is 4.74 Å². The summed E-state index contributed by atoms with van der Waals surface area (Å²) in [5.41, 5.74) is 10.2. The first-order chi connectivity index (χ1) is 16.8. The lowest BCUT2D eigenvalue weighted by Crippen LogP contribution is -2.61. The third-order valence-corrected chi connectivity index (χ3v) is 5.82. The lowest BCUT2D eigenvalue weighted by Gasteiger charge is -2.41. The zero-order valence-corrected chi connectivity index (χ0v) is 19.9. The molecule has 12 heteroatoms. The van der Waals surface area contributed by atoms with Gasteiger partial charge < -0.3 is 26.0 Å². The first kappa shape index (κ1) is 23.8. The van der Waals surface area contributed by atoms with Crippen molar-refractivity contribution < 1.29 is 14.3 Å². The van der Waals surface area contributed by atoms with E-state index in [0.717, 1.165) is 11.3 Å². The number of hydrogen-bond donors (Lipinski definition) is 4. The summed E-state index contributed by atoms with van der Waals surface area (Å²) in [6, 6.07) is 8.95. The molecule has 3 heterocycles. The Labute approximate surface area is 202 Å². The van der Waals surface area contributed by atoms with Crippen molar-refractivity contribution in [1.29, 1.82) is 0 Å². The van der Waals surface area contributed by atoms with Crippen LogP contribution >= 0.6 is 0 Å². The molecule has 6 N–H and O–H groups in total. The van der Waals surface area contributed by atoms with Crippen LogP contribution < -0.4 is 22.2 Å². The largest absolute Gasteiger partial charge is 0.450 e. The Hall–Kier alpha value is -4.32. The van der Waals surface area contributed by atoms with E-state index >= 15 is 0 Å². The van der Waals surface area contributed by atoms with Crippen LogP contribution in [0.1, 0.15) is 28.4 Å². The number of carbonyl (C=O) groups is 2. The van der Waals surface area contributed by atoms with Crippen LogP contribution in [0.15, 0.2) is 47.8 Å². The Bertz CT molecular complexity index is 1280. The van der Waals surface area contributed by atoms with E-state index in [9.17, 15) is 9.59 Å². The number of rotatable bonds is 7. The van der Waals surface area contributed by atoms with Crippen molar-refractivity contribution in [2.24, 2.45) is 16.7 Å². The van der Waals surface area contributed by atoms with Gasteiger partial charge >= 0.3 is 6.09 Å². The number of aromatic nitrogens is 2. The predicted octanol–water partition coefficient (Wildman–Crippen LogP) is 1.57. The van der Waals surface area contributed by atoms with Crippen LogP contribution in [0.25, 0.3) is 5.52 Å². The van der Waals surface area contributed by atoms with Crippen LogP contribution in [-0.4, -0.2) is 70.3 Å². The first-order valence-electron chi connectivity index (χ1n) is 11.2. The minimum Gasteiger partial charge on any atom is -0.450 e. The van der Waals surface area contributed by atoms with Gasteiger partial charge in [0, 0.05) is 43.3 Å². The Balaban J connectivity index is 1.47. The molecule has 4 rings (SSSR count). The average Bonchev–Trinajstić information content (AvgIpc) is 3.22. The lowest BCUT2D eigenvalue weighted by molar-refractivity contribution is 0.0239. The van der Waals surface area contributed by atoms with Gasteiger partial charge in [0.05, 0.1) is 29.9 Å². The van der Waals surface area contributed by atoms with Crippen molar-refractivity contribution >= 4 is 34.7 Å². The van der Waals surface area contributed by atoms with Crippen LogP contribution in [0, 0.1) is 6.92 Å². The number of ether oxygens (including phenoxy) is 1. The van der Waals surface area contributed by atoms with Gasteiger partial charge in [-0.15, -0.1) is 5.10 Å². The van der Waals surface area contributed by atoms with Crippen molar-refractivity contribution in [3.05, 3.63) is 59.4 Å². The fourth-order valence-corrected chi connectivity index (χ4v) is 3.67. The molecule has 1 aliphatic heterocycles. The van der Waals surface area contributed by atoms with E-state index in [0.29, 0.717) is 42.0 Å². The molecule has 35 heavy (non-hydrogen) atoms. The van der Waals surface area contributed by atoms with Crippen molar-refractivity contribution in [2.75, 3.05) is 37.4 Å². The van der Waals surface area contributed by atoms with Gasteiger partial charge in [0.15, 0.2) is 5.84 Å². The molecule has 0 saturated carbocycles. The summed E-state index contributed by atoms with van der Waals surface area (Å²) in [4.78, 5) is 26.3. The number of pyridine rings is 1. The number of nitrogens with zero attached hydrogens (tertiary/aromatic N) is 5. The van der Waals surface area contributed by atoms with E-state index in [2.05, 4.69) is 20.8 Å². The third-order valence-electron chi connectivity index (χ3n) is 5.82. The predicted molar refractivity (Wildman–Crippen MR) is 133 cm³/mol. The summed E-state index contributed by atoms with van der Waals surface area (Å²) in [7, 11) is 1.81. The number of anilines is 2. The Morgan fingerprint density at radius 3 is 2.77 bits per heavy atom. The van der Waals surface area contributed by atoms with Crippen molar-refractivity contribution in [3.8, 4) is 0 Å². The molecule has 12 nitrogen and oxygen atoms in total. The van der Waals surface area contributed by atoms with Crippen molar-refractivity contribution in [2.45, 2.75) is 19.9 Å². The van der Waals surface area contributed by atoms with Crippen LogP contribution in [0.3, 0.4) is 0 Å². The fourth-order valence-electron chi connectivity index (χ4n) is 3.67. The highest BCUT2D eigenvalue weighted by Gasteiger charge is 2.35. The summed E-state index contributed by atoms with van der Waals surface area (Å²) in [5.74, 6) is 5.94. The maximum Gasteiger partial charge on any atom is 0.409 e. The van der Waals surface area contributed by atoms with Crippen molar-refractivity contribution in [3.63, 3.8) is 0 Å². The van der Waals surface area contributed by atoms with E-state index < -0.39 is 0 Å². The summed E-state index contributed by atoms with van der Waals surface area (Å²) >= 11 is 0. The number of nitrogens with one attached hydrogen (secondary N) is 2. The fraction of sp³-hybridized carbons (Fsp3) is 0.304. The molecule has 3 aromatic rings. The highest BCUT2D eigenvalue weighted by Crippen LogP contribution is 2.21. The molecule has 1 fully saturated rings. The maximum absolute atomic E-state index is 13.1. The number of fused-ring (bicyclic) bond motifs is 1. The number of carbonyl (C=O) groups excluding carboxylic acids is 2. The number of likely N-dealkylation sites (tertiary alicyclic amines) is 1. The summed E-state index contributed by atoms with van der Waals surface area (Å²) in [5, 5.41) is 15.8. The average molecular weight is 480 g/mol. The van der Waals surface area contributed by atoms with Crippen molar-refractivity contribution in [1.82, 2.24) is 19.6 Å². The molecule has 0 spiro atoms. The van der Waals surface area contributed by atoms with E-state index in [1.807, 2.05) is 32.2 Å². The highest BCUT2D eigenvalue weighted by atomic mass is 16.6. The summed E-state index contributed by atoms with van der Waals surface area (Å²) in [6.07, 6.45) is 2.94. The maximum atomic E-state index is 13.1. The Kier molecular flexibility index (Phi) is 6.73. The number of nitrogens with two attached hydrogens (primary N) is 2. The summed E-state index contributed by atoms with van der Waals surface area (Å²) < 4.78 is 6.61. The zero-order chi connectivity index (χ0) is 25.1. The quantitative estimate of drug-likeness (QED) is 0.172. The smallest absolute Gasteiger partial charge is 0.409 e. The second-order valence-corrected chi connectivity index (χ2v) is 8.16. The molecular formula is C23H29N9O3. The molecule has 0 aliphatic carbocycles. The topological polar surface area (TPSA) is 156 Å². The molecule has 184 valence electrons. The Morgan fingerprint density at radius 2 is 2.06 bits per heavy atom. The van der Waals surface area contributed by atoms with Gasteiger partial charge in [-0.1, -0.05) is 12.1 Å². The number of hydrogen-bond acceptors (Lipinski definition) is 8. The van der Waals surface area contributed by atoms with Gasteiger partial charge in [-0.05, 0) is 37.6 Å². The molecular weight excluding hydrogens is 450 g/mol. The standard InChI is InChI=1S/C23H29N9O3/c1-4-35-23(34)30-12-17(13-30)32(25)29-21(24)15-6-5-14(2)19(9-15)28-22(33)18-11-27-31-8-7-16(26-3)10-20(18)31/h5-11,17,26H,4,12-13,25H2,1-3H3,(H2,24,29)(H,28,33). The number of hydrazone groups is 1. The second kappa shape index (κ2) is 9.89. The third kappa shape index (κ3) is 4.96. The van der Waals surface area contributed by atoms with Gasteiger partial charge in [0.25, 0.3) is 5.91 Å². The number of hydrazine groups is 1. The van der Waals surface area contributed by atoms with E-state index in [4.69, 9.17) is 16.3 Å². The second-order valence-electron chi connectivity index (χ2n) is 8.16. The molecule has 1 aliphatic rings. The molecule has 0 bridgehead atoms. The number of amidine groups is 1. The number of aryl methyl sites for hydroxylation is 1. The zero-order valence-electron chi connectivity index (χ0n) is 19.9. The van der Waals surface area contributed by atoms with Gasteiger partial charge in [0.1, 0.15) is 0 Å². The minimum absolute atomic E-state index is 0.166. The molecule has 0 radical (unpaired) electrons. The van der Waals surface area contributed by atoms with Gasteiger partial charge in [-0.2, -0.15) is 5.10 Å². The number of benzene rings is 1. The Morgan fingerprint density at radius 1 is 1.29 bits per heavy atom. The van der Waals surface area contributed by atoms with E-state index in [-0.39, 0.29) is 23.9 Å². The highest BCUT2D eigenvalue weighted by molar-refractivity contribution is 6.10. The van der Waals surface area contributed by atoms with Crippen LogP contribution in [0.2, 0.25) is 0 Å². The molecule has 0 atom stereocenters. The lowest BCUT2D eigenvalue weighted by atomic mass is 10.1. The molecule has 2 aromatic heterocycles. The van der Waals surface area contributed by atoms with Gasteiger partial charge in [-0.25, -0.2) is 20.3 Å². The normalized spacial score (nSPS) is 13.9. The number of amides is 2. The first-order valence-corrected chi connectivity index (χ1v) is 11.2. The molecule has 2 amide bonds. The van der Waals surface area contributed by atoms with E-state index in [1.165, 1.54) is 11.3 Å². The van der Waals surface area contributed by atoms with Gasteiger partial charge in [-0.3, -0.25) is 4.79 Å².